The number of aromatic amines is 2. The molecule has 0 saturated heterocycles. The third kappa shape index (κ3) is 4.42. The van der Waals surface area contributed by atoms with Crippen LogP contribution in [0.2, 0.25) is 0 Å². The van der Waals surface area contributed by atoms with Crippen molar-refractivity contribution in [2.45, 2.75) is 46.6 Å². The van der Waals surface area contributed by atoms with Crippen molar-refractivity contribution in [2.75, 3.05) is 18.6 Å². The standard InChI is InChI=1S/C24H31N3O3S/c1-6-10-27(14(3)4)18-12-16(8-9-21(18)30-5)22-23(25-26-24(22)31)17-11-15(7-2)19(28)13-20(17)29/h8-9,11-14,28-29H,6-7,10H2,1-5H3,(H2,25,26,31). The van der Waals surface area contributed by atoms with Gasteiger partial charge in [-0.3, -0.25) is 10.2 Å². The van der Waals surface area contributed by atoms with Gasteiger partial charge in [0.25, 0.3) is 0 Å². The van der Waals surface area contributed by atoms with E-state index in [2.05, 4.69) is 41.9 Å². The topological polar surface area (TPSA) is 84.5 Å². The van der Waals surface area contributed by atoms with E-state index >= 15 is 0 Å². The average Bonchev–Trinajstić information content (AvgIpc) is 3.12. The molecule has 7 heteroatoms. The zero-order valence-corrected chi connectivity index (χ0v) is 19.6. The highest BCUT2D eigenvalue weighted by Gasteiger charge is 2.20. The normalized spacial score (nSPS) is 11.2. The summed E-state index contributed by atoms with van der Waals surface area (Å²) in [7, 11) is 1.68. The van der Waals surface area contributed by atoms with Gasteiger partial charge in [0.1, 0.15) is 21.9 Å². The van der Waals surface area contributed by atoms with E-state index in [1.807, 2.05) is 19.1 Å². The Morgan fingerprint density at radius 2 is 1.81 bits per heavy atom. The first-order chi connectivity index (χ1) is 14.8. The van der Waals surface area contributed by atoms with Crippen LogP contribution in [-0.2, 0) is 6.42 Å². The van der Waals surface area contributed by atoms with Crippen LogP contribution in [0.3, 0.4) is 0 Å². The van der Waals surface area contributed by atoms with Gasteiger partial charge in [-0.05, 0) is 56.0 Å². The van der Waals surface area contributed by atoms with Crippen molar-refractivity contribution in [3.63, 3.8) is 0 Å². The van der Waals surface area contributed by atoms with Crippen LogP contribution in [0, 0.1) is 4.64 Å². The number of aromatic nitrogens is 2. The molecule has 0 aliphatic carbocycles. The fourth-order valence-electron chi connectivity index (χ4n) is 3.91. The maximum atomic E-state index is 10.6. The molecule has 0 aliphatic rings. The van der Waals surface area contributed by atoms with Gasteiger partial charge in [0.05, 0.1) is 18.5 Å². The van der Waals surface area contributed by atoms with E-state index in [0.29, 0.717) is 28.4 Å². The van der Waals surface area contributed by atoms with Crippen molar-refractivity contribution < 1.29 is 14.9 Å². The molecule has 166 valence electrons. The Kier molecular flexibility index (Phi) is 6.95. The number of rotatable bonds is 8. The van der Waals surface area contributed by atoms with E-state index in [0.717, 1.165) is 41.1 Å². The number of benzene rings is 2. The molecule has 6 nitrogen and oxygen atoms in total. The van der Waals surface area contributed by atoms with Crippen LogP contribution in [0.1, 0.15) is 39.7 Å². The van der Waals surface area contributed by atoms with Crippen molar-refractivity contribution in [3.05, 3.63) is 40.5 Å². The molecule has 31 heavy (non-hydrogen) atoms. The molecule has 0 spiro atoms. The Bertz CT molecular complexity index is 1120. The summed E-state index contributed by atoms with van der Waals surface area (Å²) in [5.74, 6) is 0.877. The molecule has 0 atom stereocenters. The Labute approximate surface area is 188 Å². The lowest BCUT2D eigenvalue weighted by atomic mass is 9.97. The molecule has 1 aromatic heterocycles. The SMILES string of the molecule is CCCN(c1cc(-c2c(-c3cc(CC)c(O)cc3O)[nH][nH]c2=S)ccc1OC)C(C)C. The lowest BCUT2D eigenvalue weighted by Gasteiger charge is -2.30. The quantitative estimate of drug-likeness (QED) is 0.322. The van der Waals surface area contributed by atoms with Crippen molar-refractivity contribution in [3.8, 4) is 39.6 Å². The van der Waals surface area contributed by atoms with Gasteiger partial charge in [-0.1, -0.05) is 32.1 Å². The first-order valence-electron chi connectivity index (χ1n) is 10.6. The van der Waals surface area contributed by atoms with Gasteiger partial charge < -0.3 is 19.8 Å². The van der Waals surface area contributed by atoms with Gasteiger partial charge in [0, 0.05) is 29.8 Å². The number of methoxy groups -OCH3 is 1. The first-order valence-corrected chi connectivity index (χ1v) is 11.0. The van der Waals surface area contributed by atoms with E-state index in [-0.39, 0.29) is 11.5 Å². The molecule has 3 aromatic rings. The minimum Gasteiger partial charge on any atom is -0.508 e. The van der Waals surface area contributed by atoms with Gasteiger partial charge in [-0.15, -0.1) is 0 Å². The van der Waals surface area contributed by atoms with Crippen molar-refractivity contribution in [2.24, 2.45) is 0 Å². The smallest absolute Gasteiger partial charge is 0.142 e. The molecule has 0 aliphatic heterocycles. The Morgan fingerprint density at radius 1 is 1.06 bits per heavy atom. The first kappa shape index (κ1) is 22.7. The Hall–Kier alpha value is -2.93. The number of nitrogens with one attached hydrogen (secondary N) is 2. The number of phenolic OH excluding ortho intramolecular Hbond substituents is 2. The number of aromatic hydroxyl groups is 2. The highest BCUT2D eigenvalue weighted by atomic mass is 32.1. The van der Waals surface area contributed by atoms with E-state index in [1.54, 1.807) is 13.2 Å². The van der Waals surface area contributed by atoms with Crippen molar-refractivity contribution >= 4 is 17.9 Å². The largest absolute Gasteiger partial charge is 0.508 e. The van der Waals surface area contributed by atoms with E-state index in [9.17, 15) is 10.2 Å². The summed E-state index contributed by atoms with van der Waals surface area (Å²) < 4.78 is 6.20. The number of hydrogen-bond donors (Lipinski definition) is 4. The molecule has 0 saturated carbocycles. The third-order valence-corrected chi connectivity index (χ3v) is 5.80. The summed E-state index contributed by atoms with van der Waals surface area (Å²) in [6.07, 6.45) is 1.66. The number of nitrogens with zero attached hydrogens (tertiary/aromatic N) is 1. The number of hydrogen-bond acceptors (Lipinski definition) is 5. The second-order valence-corrected chi connectivity index (χ2v) is 8.26. The lowest BCUT2D eigenvalue weighted by Crippen LogP contribution is -2.31. The summed E-state index contributed by atoms with van der Waals surface area (Å²) in [4.78, 5) is 2.31. The second kappa shape index (κ2) is 9.47. The number of anilines is 1. The van der Waals surface area contributed by atoms with Gasteiger partial charge in [-0.2, -0.15) is 0 Å². The lowest BCUT2D eigenvalue weighted by molar-refractivity contribution is 0.413. The van der Waals surface area contributed by atoms with Crippen LogP contribution in [0.5, 0.6) is 17.2 Å². The number of H-pyrrole nitrogens is 2. The summed E-state index contributed by atoms with van der Waals surface area (Å²) in [5.41, 5.74) is 4.73. The van der Waals surface area contributed by atoms with Crippen molar-refractivity contribution in [1.29, 1.82) is 0 Å². The molecule has 4 N–H and O–H groups in total. The maximum Gasteiger partial charge on any atom is 0.142 e. The average molecular weight is 442 g/mol. The van der Waals surface area contributed by atoms with Crippen molar-refractivity contribution in [1.82, 2.24) is 10.2 Å². The highest BCUT2D eigenvalue weighted by molar-refractivity contribution is 7.71. The van der Waals surface area contributed by atoms with Gasteiger partial charge in [0.15, 0.2) is 0 Å². The summed E-state index contributed by atoms with van der Waals surface area (Å²) >= 11 is 5.60. The molecule has 2 aromatic carbocycles. The second-order valence-electron chi connectivity index (χ2n) is 7.85. The van der Waals surface area contributed by atoms with Gasteiger partial charge >= 0.3 is 0 Å². The zero-order valence-electron chi connectivity index (χ0n) is 18.7. The molecule has 0 fully saturated rings. The minimum absolute atomic E-state index is 0.00951. The van der Waals surface area contributed by atoms with Gasteiger partial charge in [-0.25, -0.2) is 0 Å². The summed E-state index contributed by atoms with van der Waals surface area (Å²) in [6, 6.07) is 9.49. The molecule has 0 unspecified atom stereocenters. The van der Waals surface area contributed by atoms with Crippen LogP contribution in [0.25, 0.3) is 22.4 Å². The summed E-state index contributed by atoms with van der Waals surface area (Å²) in [5, 5.41) is 26.8. The molecule has 0 bridgehead atoms. The predicted octanol–water partition coefficient (Wildman–Crippen LogP) is 6.01. The van der Waals surface area contributed by atoms with E-state index < -0.39 is 0 Å². The molecule has 0 radical (unpaired) electrons. The minimum atomic E-state index is -0.00951. The molecular weight excluding hydrogens is 410 g/mol. The van der Waals surface area contributed by atoms with Crippen LogP contribution in [0.4, 0.5) is 5.69 Å². The highest BCUT2D eigenvalue weighted by Crippen LogP contribution is 2.41. The fourth-order valence-corrected chi connectivity index (χ4v) is 4.18. The Morgan fingerprint density at radius 3 is 2.42 bits per heavy atom. The molecule has 3 rings (SSSR count). The number of phenols is 2. The van der Waals surface area contributed by atoms with Crippen LogP contribution >= 0.6 is 12.2 Å². The zero-order chi connectivity index (χ0) is 22.7. The molecule has 1 heterocycles. The molecular formula is C24H31N3O3S. The van der Waals surface area contributed by atoms with Crippen LogP contribution < -0.4 is 9.64 Å². The fraction of sp³-hybridized carbons (Fsp3) is 0.375. The number of aryl methyl sites for hydroxylation is 1. The van der Waals surface area contributed by atoms with Crippen LogP contribution in [-0.4, -0.2) is 40.1 Å². The van der Waals surface area contributed by atoms with E-state index in [4.69, 9.17) is 17.0 Å². The molecule has 0 amide bonds. The third-order valence-electron chi connectivity index (χ3n) is 5.49. The Balaban J connectivity index is 2.21. The summed E-state index contributed by atoms with van der Waals surface area (Å²) in [6.45, 7) is 9.35. The van der Waals surface area contributed by atoms with Gasteiger partial charge in [0.2, 0.25) is 0 Å². The monoisotopic (exact) mass is 441 g/mol. The van der Waals surface area contributed by atoms with E-state index in [1.165, 1.54) is 6.07 Å². The van der Waals surface area contributed by atoms with Crippen LogP contribution in [0.15, 0.2) is 30.3 Å². The predicted molar refractivity (Wildman–Crippen MR) is 129 cm³/mol. The number of ether oxygens (including phenoxy) is 1. The maximum absolute atomic E-state index is 10.6.